The van der Waals surface area contributed by atoms with E-state index in [1.54, 1.807) is 9.80 Å². The minimum absolute atomic E-state index is 0.0618. The predicted octanol–water partition coefficient (Wildman–Crippen LogP) is 2.84. The zero-order chi connectivity index (χ0) is 16.3. The number of piperazine rings is 1. The van der Waals surface area contributed by atoms with Gasteiger partial charge in [0.15, 0.2) is 0 Å². The van der Waals surface area contributed by atoms with Gasteiger partial charge < -0.3 is 4.90 Å². The molecule has 22 heavy (non-hydrogen) atoms. The van der Waals surface area contributed by atoms with Crippen LogP contribution in [-0.4, -0.2) is 48.1 Å². The Morgan fingerprint density at radius 1 is 1.18 bits per heavy atom. The second-order valence-corrected chi connectivity index (χ2v) is 5.98. The lowest BCUT2D eigenvalue weighted by molar-refractivity contribution is -0.176. The maximum Gasteiger partial charge on any atom is 0.392 e. The molecule has 0 unspecified atom stereocenters. The van der Waals surface area contributed by atoms with Crippen LogP contribution in [0.15, 0.2) is 24.3 Å². The van der Waals surface area contributed by atoms with E-state index >= 15 is 0 Å². The van der Waals surface area contributed by atoms with Crippen molar-refractivity contribution in [3.63, 3.8) is 0 Å². The van der Waals surface area contributed by atoms with Crippen LogP contribution in [0.1, 0.15) is 18.1 Å². The first-order valence-corrected chi connectivity index (χ1v) is 7.38. The number of amides is 1. The van der Waals surface area contributed by atoms with Gasteiger partial charge in [-0.1, -0.05) is 36.8 Å². The van der Waals surface area contributed by atoms with Gasteiger partial charge in [0.1, 0.15) is 0 Å². The number of nitrogens with zero attached hydrogens (tertiary/aromatic N) is 2. The molecule has 0 bridgehead atoms. The van der Waals surface area contributed by atoms with Gasteiger partial charge in [-0.15, -0.1) is 0 Å². The fourth-order valence-corrected chi connectivity index (χ4v) is 2.48. The van der Waals surface area contributed by atoms with Gasteiger partial charge in [0, 0.05) is 26.2 Å². The number of rotatable bonds is 4. The van der Waals surface area contributed by atoms with Crippen molar-refractivity contribution in [2.24, 2.45) is 5.92 Å². The van der Waals surface area contributed by atoms with Gasteiger partial charge in [0.05, 0.1) is 12.5 Å². The maximum absolute atomic E-state index is 12.6. The third-order valence-electron chi connectivity index (χ3n) is 3.98. The number of aryl methyl sites for hydroxylation is 1. The van der Waals surface area contributed by atoms with E-state index in [4.69, 9.17) is 0 Å². The summed E-state index contributed by atoms with van der Waals surface area (Å²) >= 11 is 0. The summed E-state index contributed by atoms with van der Waals surface area (Å²) in [6, 6.07) is 7.92. The van der Waals surface area contributed by atoms with Crippen molar-refractivity contribution in [1.29, 1.82) is 0 Å². The normalized spacial score (nSPS) is 18.6. The first-order chi connectivity index (χ1) is 10.3. The molecule has 3 nitrogen and oxygen atoms in total. The van der Waals surface area contributed by atoms with E-state index in [0.29, 0.717) is 19.6 Å². The quantitative estimate of drug-likeness (QED) is 0.853. The molecule has 1 fully saturated rings. The lowest BCUT2D eigenvalue weighted by Gasteiger charge is -2.35. The lowest BCUT2D eigenvalue weighted by atomic mass is 10.1. The Labute approximate surface area is 128 Å². The minimum Gasteiger partial charge on any atom is -0.336 e. The molecule has 1 amide bonds. The van der Waals surface area contributed by atoms with E-state index < -0.39 is 12.1 Å². The van der Waals surface area contributed by atoms with Gasteiger partial charge >= 0.3 is 6.18 Å². The minimum atomic E-state index is -4.21. The van der Waals surface area contributed by atoms with E-state index in [1.807, 2.05) is 31.2 Å². The van der Waals surface area contributed by atoms with Gasteiger partial charge in [0.25, 0.3) is 0 Å². The van der Waals surface area contributed by atoms with Crippen LogP contribution in [0.2, 0.25) is 0 Å². The van der Waals surface area contributed by atoms with Crippen LogP contribution in [0.5, 0.6) is 0 Å². The van der Waals surface area contributed by atoms with Crippen molar-refractivity contribution in [2.75, 3.05) is 26.2 Å². The molecule has 0 spiro atoms. The molecule has 122 valence electrons. The number of alkyl halides is 3. The molecular formula is C16H21F3N2O. The molecule has 1 atom stereocenters. The number of hydrogen-bond donors (Lipinski definition) is 0. The second-order valence-electron chi connectivity index (χ2n) is 5.98. The SMILES string of the molecule is Cc1ccc(CN2CCN(C[C@@H](C)C(F)(F)F)CC2=O)cc1. The van der Waals surface area contributed by atoms with E-state index in [1.165, 1.54) is 0 Å². The monoisotopic (exact) mass is 314 g/mol. The second kappa shape index (κ2) is 6.69. The molecule has 0 saturated carbocycles. The Kier molecular flexibility index (Phi) is 5.11. The summed E-state index contributed by atoms with van der Waals surface area (Å²) < 4.78 is 37.7. The third-order valence-corrected chi connectivity index (χ3v) is 3.98. The van der Waals surface area contributed by atoms with Gasteiger partial charge in [-0.05, 0) is 12.5 Å². The largest absolute Gasteiger partial charge is 0.392 e. The summed E-state index contributed by atoms with van der Waals surface area (Å²) in [5, 5.41) is 0. The fraction of sp³-hybridized carbons (Fsp3) is 0.562. The first-order valence-electron chi connectivity index (χ1n) is 7.38. The predicted molar refractivity (Wildman–Crippen MR) is 78.3 cm³/mol. The van der Waals surface area contributed by atoms with Crippen molar-refractivity contribution < 1.29 is 18.0 Å². The van der Waals surface area contributed by atoms with Crippen molar-refractivity contribution in [3.8, 4) is 0 Å². The number of halogens is 3. The lowest BCUT2D eigenvalue weighted by Crippen LogP contribution is -2.51. The molecule has 1 aliphatic rings. The molecule has 1 aromatic carbocycles. The Hall–Kier alpha value is -1.56. The molecule has 0 radical (unpaired) electrons. The van der Waals surface area contributed by atoms with Crippen molar-refractivity contribution in [1.82, 2.24) is 9.80 Å². The molecule has 1 heterocycles. The average Bonchev–Trinajstić information content (AvgIpc) is 2.43. The van der Waals surface area contributed by atoms with E-state index in [2.05, 4.69) is 0 Å². The first kappa shape index (κ1) is 16.8. The van der Waals surface area contributed by atoms with Crippen LogP contribution in [0.4, 0.5) is 13.2 Å². The van der Waals surface area contributed by atoms with Crippen LogP contribution in [0, 0.1) is 12.8 Å². The highest BCUT2D eigenvalue weighted by molar-refractivity contribution is 5.79. The van der Waals surface area contributed by atoms with Crippen LogP contribution < -0.4 is 0 Å². The fourth-order valence-electron chi connectivity index (χ4n) is 2.48. The van der Waals surface area contributed by atoms with E-state index in [-0.39, 0.29) is 19.0 Å². The van der Waals surface area contributed by atoms with Crippen molar-refractivity contribution >= 4 is 5.91 Å². The highest BCUT2D eigenvalue weighted by Gasteiger charge is 2.38. The molecular weight excluding hydrogens is 293 g/mol. The standard InChI is InChI=1S/C16H21F3N2O/c1-12-3-5-14(6-4-12)10-21-8-7-20(11-15(21)22)9-13(2)16(17,18)19/h3-6,13H,7-11H2,1-2H3/t13-/m1/s1. The topological polar surface area (TPSA) is 23.6 Å². The number of benzene rings is 1. The molecule has 6 heteroatoms. The van der Waals surface area contributed by atoms with Crippen LogP contribution in [0.3, 0.4) is 0 Å². The molecule has 1 aromatic rings. The Morgan fingerprint density at radius 2 is 1.82 bits per heavy atom. The van der Waals surface area contributed by atoms with Gasteiger partial charge in [-0.2, -0.15) is 13.2 Å². The number of hydrogen-bond acceptors (Lipinski definition) is 2. The molecule has 0 N–H and O–H groups in total. The van der Waals surface area contributed by atoms with E-state index in [9.17, 15) is 18.0 Å². The zero-order valence-corrected chi connectivity index (χ0v) is 12.9. The summed E-state index contributed by atoms with van der Waals surface area (Å²) in [6.07, 6.45) is -4.21. The van der Waals surface area contributed by atoms with Gasteiger partial charge in [-0.3, -0.25) is 9.69 Å². The average molecular weight is 314 g/mol. The molecule has 0 aromatic heterocycles. The van der Waals surface area contributed by atoms with Crippen LogP contribution >= 0.6 is 0 Å². The Morgan fingerprint density at radius 3 is 2.36 bits per heavy atom. The highest BCUT2D eigenvalue weighted by atomic mass is 19.4. The molecule has 1 saturated heterocycles. The van der Waals surface area contributed by atoms with Crippen LogP contribution in [0.25, 0.3) is 0 Å². The molecule has 2 rings (SSSR count). The molecule has 0 aliphatic carbocycles. The van der Waals surface area contributed by atoms with Crippen LogP contribution in [-0.2, 0) is 11.3 Å². The third kappa shape index (κ3) is 4.47. The summed E-state index contributed by atoms with van der Waals surface area (Å²) in [6.45, 7) is 4.57. The maximum atomic E-state index is 12.6. The number of carbonyl (C=O) groups is 1. The summed E-state index contributed by atoms with van der Waals surface area (Å²) in [5.41, 5.74) is 2.19. The van der Waals surface area contributed by atoms with E-state index in [0.717, 1.165) is 18.1 Å². The summed E-state index contributed by atoms with van der Waals surface area (Å²) in [4.78, 5) is 15.4. The van der Waals surface area contributed by atoms with Crippen molar-refractivity contribution in [3.05, 3.63) is 35.4 Å². The highest BCUT2D eigenvalue weighted by Crippen LogP contribution is 2.26. The van der Waals surface area contributed by atoms with Gasteiger partial charge in [0.2, 0.25) is 5.91 Å². The van der Waals surface area contributed by atoms with Gasteiger partial charge in [-0.25, -0.2) is 0 Å². The summed E-state index contributed by atoms with van der Waals surface area (Å²) in [5.74, 6) is -1.52. The zero-order valence-electron chi connectivity index (χ0n) is 12.9. The Balaban J connectivity index is 1.87. The smallest absolute Gasteiger partial charge is 0.336 e. The summed E-state index contributed by atoms with van der Waals surface area (Å²) in [7, 11) is 0. The Bertz CT molecular complexity index is 513. The van der Waals surface area contributed by atoms with Crippen molar-refractivity contribution in [2.45, 2.75) is 26.6 Å². The molecule has 1 aliphatic heterocycles. The number of carbonyl (C=O) groups excluding carboxylic acids is 1.